The highest BCUT2D eigenvalue weighted by molar-refractivity contribution is 9.18. The molecule has 0 aromatic carbocycles. The van der Waals surface area contributed by atoms with Crippen LogP contribution in [0.4, 0.5) is 0 Å². The first-order valence-corrected chi connectivity index (χ1v) is 4.26. The Balaban J connectivity index is 4.16. The number of nitrogens with two attached hydrogens (primary N) is 1. The zero-order valence-corrected chi connectivity index (χ0v) is 8.11. The molecule has 10 heavy (non-hydrogen) atoms. The van der Waals surface area contributed by atoms with Crippen LogP contribution in [0, 0.1) is 0 Å². The topological polar surface area (TPSA) is 38.4 Å². The maximum Gasteiger partial charge on any atom is 0.106 e. The number of alkyl halides is 1. The molecule has 0 heterocycles. The van der Waals surface area contributed by atoms with Crippen molar-refractivity contribution in [2.75, 3.05) is 12.4 Å². The summed E-state index contributed by atoms with van der Waals surface area (Å²) in [4.78, 5) is 4.07. The van der Waals surface area contributed by atoms with E-state index in [1.54, 1.807) is 0 Å². The maximum atomic E-state index is 5.54. The molecule has 0 aliphatic heterocycles. The normalized spacial score (nSPS) is 13.9. The van der Waals surface area contributed by atoms with E-state index in [1.165, 1.54) is 6.20 Å². The van der Waals surface area contributed by atoms with Gasteiger partial charge in [-0.2, -0.15) is 0 Å². The fourth-order valence-corrected chi connectivity index (χ4v) is 1.31. The van der Waals surface area contributed by atoms with E-state index in [1.807, 2.05) is 6.92 Å². The summed E-state index contributed by atoms with van der Waals surface area (Å²) in [6, 6.07) is 0. The molecule has 0 spiro atoms. The second kappa shape index (κ2) is 5.74. The number of halogens is 2. The lowest BCUT2D eigenvalue weighted by atomic mass is 10.4. The van der Waals surface area contributed by atoms with Crippen LogP contribution >= 0.6 is 27.5 Å². The van der Waals surface area contributed by atoms with Gasteiger partial charge >= 0.3 is 0 Å². The summed E-state index contributed by atoms with van der Waals surface area (Å²) in [6.45, 7) is 2.68. The van der Waals surface area contributed by atoms with Gasteiger partial charge in [-0.25, -0.2) is 0 Å². The third kappa shape index (κ3) is 3.22. The molecule has 2 nitrogen and oxygen atoms in total. The fraction of sp³-hybridized carbons (Fsp3) is 0.500. The average molecular weight is 226 g/mol. The molecule has 4 heteroatoms. The van der Waals surface area contributed by atoms with Gasteiger partial charge in [-0.1, -0.05) is 0 Å². The standard InChI is InChI=1S/C6H10BrClN2/c1-2-10-6(7)5(3-8)4-9/h4H,2-3,9H2,1H3. The van der Waals surface area contributed by atoms with Crippen LogP contribution in [0.1, 0.15) is 6.92 Å². The van der Waals surface area contributed by atoms with E-state index in [0.29, 0.717) is 5.88 Å². The van der Waals surface area contributed by atoms with Crippen LogP contribution < -0.4 is 5.73 Å². The van der Waals surface area contributed by atoms with Gasteiger partial charge in [-0.3, -0.25) is 4.99 Å². The Labute approximate surface area is 74.3 Å². The van der Waals surface area contributed by atoms with E-state index < -0.39 is 0 Å². The maximum absolute atomic E-state index is 5.54. The van der Waals surface area contributed by atoms with Crippen molar-refractivity contribution in [3.63, 3.8) is 0 Å². The summed E-state index contributed by atoms with van der Waals surface area (Å²) >= 11 is 8.78. The zero-order valence-electron chi connectivity index (χ0n) is 5.77. The predicted molar refractivity (Wildman–Crippen MR) is 49.9 cm³/mol. The summed E-state index contributed by atoms with van der Waals surface area (Å²) in [6.07, 6.45) is 1.45. The lowest BCUT2D eigenvalue weighted by Gasteiger charge is -1.97. The number of rotatable bonds is 3. The molecule has 0 unspecified atom stereocenters. The lowest BCUT2D eigenvalue weighted by molar-refractivity contribution is 1.14. The van der Waals surface area contributed by atoms with Crippen LogP contribution in [0.15, 0.2) is 16.8 Å². The van der Waals surface area contributed by atoms with Crippen LogP contribution in [0.3, 0.4) is 0 Å². The van der Waals surface area contributed by atoms with Gasteiger partial charge < -0.3 is 5.73 Å². The molecular weight excluding hydrogens is 215 g/mol. The molecule has 0 aromatic heterocycles. The first-order chi connectivity index (χ1) is 4.76. The molecule has 58 valence electrons. The van der Waals surface area contributed by atoms with E-state index in [-0.39, 0.29) is 0 Å². The summed E-state index contributed by atoms with van der Waals surface area (Å²) in [5.74, 6) is 0.389. The van der Waals surface area contributed by atoms with Crippen molar-refractivity contribution in [1.29, 1.82) is 0 Å². The molecule has 0 radical (unpaired) electrons. The van der Waals surface area contributed by atoms with Crippen LogP contribution in [0.2, 0.25) is 0 Å². The van der Waals surface area contributed by atoms with E-state index in [2.05, 4.69) is 20.9 Å². The number of aliphatic imine (C=N–C) groups is 1. The molecule has 0 amide bonds. The van der Waals surface area contributed by atoms with Gasteiger partial charge in [0.1, 0.15) is 4.62 Å². The number of allylic oxidation sites excluding steroid dienone is 1. The van der Waals surface area contributed by atoms with Crippen LogP contribution in [-0.2, 0) is 0 Å². The summed E-state index contributed by atoms with van der Waals surface area (Å²) < 4.78 is 0.743. The van der Waals surface area contributed by atoms with E-state index in [9.17, 15) is 0 Å². The molecule has 0 rings (SSSR count). The Morgan fingerprint density at radius 1 is 1.80 bits per heavy atom. The minimum absolute atomic E-state index is 0.389. The molecule has 2 N–H and O–H groups in total. The van der Waals surface area contributed by atoms with Gasteiger partial charge in [0.2, 0.25) is 0 Å². The second-order valence-electron chi connectivity index (χ2n) is 1.59. The van der Waals surface area contributed by atoms with Gasteiger partial charge in [0.25, 0.3) is 0 Å². The van der Waals surface area contributed by atoms with Crippen LogP contribution in [-0.4, -0.2) is 17.0 Å². The highest BCUT2D eigenvalue weighted by atomic mass is 79.9. The smallest absolute Gasteiger partial charge is 0.106 e. The minimum atomic E-state index is 0.389. The first kappa shape index (κ1) is 9.98. The van der Waals surface area contributed by atoms with Gasteiger partial charge in [0, 0.05) is 18.3 Å². The van der Waals surface area contributed by atoms with Crippen LogP contribution in [0.5, 0.6) is 0 Å². The van der Waals surface area contributed by atoms with Gasteiger partial charge in [0.15, 0.2) is 0 Å². The average Bonchev–Trinajstić information content (AvgIpc) is 1.91. The summed E-state index contributed by atoms with van der Waals surface area (Å²) in [5.41, 5.74) is 6.08. The first-order valence-electron chi connectivity index (χ1n) is 2.93. The Morgan fingerprint density at radius 3 is 2.70 bits per heavy atom. The quantitative estimate of drug-likeness (QED) is 0.578. The van der Waals surface area contributed by atoms with Crippen molar-refractivity contribution in [2.45, 2.75) is 6.92 Å². The largest absolute Gasteiger partial charge is 0.404 e. The van der Waals surface area contributed by atoms with Crippen molar-refractivity contribution >= 4 is 32.2 Å². The molecule has 0 aliphatic carbocycles. The van der Waals surface area contributed by atoms with Gasteiger partial charge in [-0.05, 0) is 22.9 Å². The van der Waals surface area contributed by atoms with Crippen molar-refractivity contribution in [1.82, 2.24) is 0 Å². The Bertz CT molecular complexity index is 154. The van der Waals surface area contributed by atoms with E-state index in [4.69, 9.17) is 17.3 Å². The molecule has 0 saturated heterocycles. The molecule has 0 aromatic rings. The van der Waals surface area contributed by atoms with Crippen molar-refractivity contribution < 1.29 is 0 Å². The highest BCUT2D eigenvalue weighted by Crippen LogP contribution is 2.05. The SMILES string of the molecule is CCN=C(Br)C(=CN)CCl. The van der Waals surface area contributed by atoms with Crippen molar-refractivity contribution in [2.24, 2.45) is 10.7 Å². The fourth-order valence-electron chi connectivity index (χ4n) is 0.409. The molecule has 0 bridgehead atoms. The Hall–Kier alpha value is -0.0200. The monoisotopic (exact) mass is 224 g/mol. The third-order valence-corrected chi connectivity index (χ3v) is 1.96. The Morgan fingerprint density at radius 2 is 2.40 bits per heavy atom. The number of nitrogens with zero attached hydrogens (tertiary/aromatic N) is 1. The molecule has 0 fully saturated rings. The third-order valence-electron chi connectivity index (χ3n) is 0.907. The molecule has 0 saturated carbocycles. The summed E-state index contributed by atoms with van der Waals surface area (Å²) in [5, 5.41) is 0. The van der Waals surface area contributed by atoms with Crippen molar-refractivity contribution in [3.05, 3.63) is 11.8 Å². The second-order valence-corrected chi connectivity index (χ2v) is 2.61. The Kier molecular flexibility index (Phi) is 5.73. The molecule has 0 aliphatic rings. The van der Waals surface area contributed by atoms with E-state index >= 15 is 0 Å². The number of hydrogen-bond donors (Lipinski definition) is 1. The lowest BCUT2D eigenvalue weighted by Crippen LogP contribution is -1.99. The zero-order chi connectivity index (χ0) is 7.98. The number of hydrogen-bond acceptors (Lipinski definition) is 2. The van der Waals surface area contributed by atoms with Gasteiger partial charge in [0.05, 0.1) is 5.88 Å². The predicted octanol–water partition coefficient (Wildman–Crippen LogP) is 1.88. The summed E-state index contributed by atoms with van der Waals surface area (Å²) in [7, 11) is 0. The van der Waals surface area contributed by atoms with Crippen molar-refractivity contribution in [3.8, 4) is 0 Å². The highest BCUT2D eigenvalue weighted by Gasteiger charge is 1.98. The van der Waals surface area contributed by atoms with Gasteiger partial charge in [-0.15, -0.1) is 11.6 Å². The molecular formula is C6H10BrClN2. The van der Waals surface area contributed by atoms with Crippen LogP contribution in [0.25, 0.3) is 0 Å². The van der Waals surface area contributed by atoms with E-state index in [0.717, 1.165) is 16.7 Å². The minimum Gasteiger partial charge on any atom is -0.404 e. The molecule has 0 atom stereocenters.